The number of rotatable bonds is 7. The Bertz CT molecular complexity index is 488. The summed E-state index contributed by atoms with van der Waals surface area (Å²) in [5.41, 5.74) is 2.54. The zero-order chi connectivity index (χ0) is 15.3. The summed E-state index contributed by atoms with van der Waals surface area (Å²) >= 11 is 0. The number of likely N-dealkylation sites (N-methyl/N-ethyl adjacent to an activating group) is 1. The molecule has 1 heterocycles. The molecule has 0 bridgehead atoms. The van der Waals surface area contributed by atoms with Crippen molar-refractivity contribution >= 4 is 12.2 Å². The van der Waals surface area contributed by atoms with Gasteiger partial charge in [0, 0.05) is 5.69 Å². The number of amides is 1. The molecule has 5 nitrogen and oxygen atoms in total. The molecule has 20 heavy (non-hydrogen) atoms. The minimum atomic E-state index is -0.108. The number of hydrogen-bond donors (Lipinski definition) is 2. The van der Waals surface area contributed by atoms with Gasteiger partial charge in [0.25, 0.3) is 5.91 Å². The maximum absolute atomic E-state index is 12.2. The second-order valence-electron chi connectivity index (χ2n) is 5.51. The molecule has 0 saturated heterocycles. The van der Waals surface area contributed by atoms with Crippen molar-refractivity contribution in [1.29, 1.82) is 0 Å². The van der Waals surface area contributed by atoms with E-state index >= 15 is 0 Å². The van der Waals surface area contributed by atoms with Gasteiger partial charge in [-0.25, -0.2) is 0 Å². The number of aldehydes is 1. The Hall–Kier alpha value is -1.62. The van der Waals surface area contributed by atoms with Crippen LogP contribution in [0, 0.1) is 13.8 Å². The van der Waals surface area contributed by atoms with Gasteiger partial charge in [-0.2, -0.15) is 0 Å². The molecule has 112 valence electrons. The molecule has 1 aromatic heterocycles. The summed E-state index contributed by atoms with van der Waals surface area (Å²) in [5, 5.41) is 2.95. The Morgan fingerprint density at radius 3 is 2.35 bits per heavy atom. The van der Waals surface area contributed by atoms with Gasteiger partial charge in [0.1, 0.15) is 0 Å². The smallest absolute Gasteiger partial charge is 0.253 e. The first-order valence-electron chi connectivity index (χ1n) is 7.14. The highest BCUT2D eigenvalue weighted by Gasteiger charge is 2.20. The van der Waals surface area contributed by atoms with E-state index in [0.717, 1.165) is 41.7 Å². The summed E-state index contributed by atoms with van der Waals surface area (Å²) in [6.45, 7) is 11.5. The number of aromatic nitrogens is 1. The van der Waals surface area contributed by atoms with Gasteiger partial charge in [-0.15, -0.1) is 0 Å². The van der Waals surface area contributed by atoms with Gasteiger partial charge in [0.05, 0.1) is 44.5 Å². The van der Waals surface area contributed by atoms with Gasteiger partial charge < -0.3 is 14.8 Å². The van der Waals surface area contributed by atoms with Crippen molar-refractivity contribution in [3.05, 3.63) is 22.5 Å². The van der Waals surface area contributed by atoms with Gasteiger partial charge >= 0.3 is 0 Å². The van der Waals surface area contributed by atoms with E-state index in [1.807, 2.05) is 6.92 Å². The quantitative estimate of drug-likeness (QED) is 0.589. The van der Waals surface area contributed by atoms with Crippen LogP contribution >= 0.6 is 0 Å². The lowest BCUT2D eigenvalue weighted by Gasteiger charge is -2.32. The average Bonchev–Trinajstić information content (AvgIpc) is 2.72. The Morgan fingerprint density at radius 1 is 1.30 bits per heavy atom. The van der Waals surface area contributed by atoms with Crippen molar-refractivity contribution in [3.8, 4) is 0 Å². The summed E-state index contributed by atoms with van der Waals surface area (Å²) in [5.74, 6) is -0.108. The van der Waals surface area contributed by atoms with E-state index < -0.39 is 0 Å². The third kappa shape index (κ3) is 3.48. The first-order valence-corrected chi connectivity index (χ1v) is 7.14. The molecule has 0 saturated carbocycles. The lowest BCUT2D eigenvalue weighted by atomic mass is 10.1. The van der Waals surface area contributed by atoms with Crippen LogP contribution in [0.5, 0.6) is 0 Å². The summed E-state index contributed by atoms with van der Waals surface area (Å²) in [7, 11) is 2.18. The van der Waals surface area contributed by atoms with Crippen molar-refractivity contribution in [2.45, 2.75) is 27.7 Å². The van der Waals surface area contributed by atoms with Gasteiger partial charge in [0.15, 0.2) is 6.29 Å². The Morgan fingerprint density at radius 2 is 1.90 bits per heavy atom. The second kappa shape index (κ2) is 6.70. The normalized spacial score (nSPS) is 11.4. The molecule has 0 radical (unpaired) electrons. The van der Waals surface area contributed by atoms with Crippen LogP contribution in [0.15, 0.2) is 0 Å². The number of carbonyl (C=O) groups is 2. The molecule has 0 aliphatic carbocycles. The van der Waals surface area contributed by atoms with Crippen LogP contribution in [0.1, 0.15) is 46.0 Å². The van der Waals surface area contributed by atoms with Crippen LogP contribution in [0.25, 0.3) is 0 Å². The Balaban J connectivity index is 2.69. The maximum atomic E-state index is 12.2. The molecule has 0 atom stereocenters. The van der Waals surface area contributed by atoms with Crippen LogP contribution in [-0.2, 0) is 0 Å². The van der Waals surface area contributed by atoms with Gasteiger partial charge in [-0.1, -0.05) is 0 Å². The Kier molecular flexibility index (Phi) is 5.51. The highest BCUT2D eigenvalue weighted by Crippen LogP contribution is 2.16. The monoisotopic (exact) mass is 280 g/mol. The zero-order valence-electron chi connectivity index (χ0n) is 13.2. The predicted molar refractivity (Wildman–Crippen MR) is 80.1 cm³/mol. The van der Waals surface area contributed by atoms with Gasteiger partial charge in [-0.3, -0.25) is 9.59 Å². The van der Waals surface area contributed by atoms with Gasteiger partial charge in [-0.05, 0) is 33.3 Å². The van der Waals surface area contributed by atoms with E-state index in [-0.39, 0.29) is 5.91 Å². The highest BCUT2D eigenvalue weighted by atomic mass is 16.1. The topological polar surface area (TPSA) is 62.0 Å². The number of aryl methyl sites for hydroxylation is 1. The molecule has 1 aromatic rings. The minimum absolute atomic E-state index is 0.108. The molecule has 5 heteroatoms. The lowest BCUT2D eigenvalue weighted by Crippen LogP contribution is -2.48. The standard InChI is InChI=1S/C15H25N3O2/c1-6-18(5,7-2)9-8-16-15(20)14-11(3)13(10-19)17-12(14)4/h10H,6-9H2,1-5H3,(H-,16,17,19,20)/p+1. The SMILES string of the molecule is CC[N+](C)(CC)CCNC(=O)c1c(C)[nH]c(C=O)c1C. The molecule has 1 amide bonds. The van der Waals surface area contributed by atoms with E-state index in [1.54, 1.807) is 6.92 Å². The van der Waals surface area contributed by atoms with Gasteiger partial charge in [0.2, 0.25) is 0 Å². The summed E-state index contributed by atoms with van der Waals surface area (Å²) in [4.78, 5) is 26.0. The van der Waals surface area contributed by atoms with Crippen LogP contribution in [0.4, 0.5) is 0 Å². The first kappa shape index (κ1) is 16.4. The number of aromatic amines is 1. The molecule has 0 spiro atoms. The molecule has 0 unspecified atom stereocenters. The van der Waals surface area contributed by atoms with Crippen LogP contribution in [-0.4, -0.2) is 54.9 Å². The van der Waals surface area contributed by atoms with E-state index in [0.29, 0.717) is 17.8 Å². The van der Waals surface area contributed by atoms with Crippen LogP contribution < -0.4 is 5.32 Å². The fourth-order valence-corrected chi connectivity index (χ4v) is 2.30. The van der Waals surface area contributed by atoms with E-state index in [4.69, 9.17) is 0 Å². The highest BCUT2D eigenvalue weighted by molar-refractivity contribution is 5.99. The molecular weight excluding hydrogens is 254 g/mol. The van der Waals surface area contributed by atoms with Crippen molar-refractivity contribution in [3.63, 3.8) is 0 Å². The summed E-state index contributed by atoms with van der Waals surface area (Å²) in [6, 6.07) is 0. The third-order valence-electron chi connectivity index (χ3n) is 4.29. The summed E-state index contributed by atoms with van der Waals surface area (Å²) < 4.78 is 0.935. The molecule has 0 aliphatic heterocycles. The Labute approximate surface area is 120 Å². The second-order valence-corrected chi connectivity index (χ2v) is 5.51. The fourth-order valence-electron chi connectivity index (χ4n) is 2.30. The number of nitrogens with one attached hydrogen (secondary N) is 2. The third-order valence-corrected chi connectivity index (χ3v) is 4.29. The lowest BCUT2D eigenvalue weighted by molar-refractivity contribution is -0.904. The number of hydrogen-bond acceptors (Lipinski definition) is 2. The predicted octanol–water partition coefficient (Wildman–Crippen LogP) is 1.66. The van der Waals surface area contributed by atoms with Crippen molar-refractivity contribution in [2.75, 3.05) is 33.2 Å². The molecule has 0 fully saturated rings. The number of quaternary nitrogens is 1. The van der Waals surface area contributed by atoms with Crippen molar-refractivity contribution in [1.82, 2.24) is 10.3 Å². The average molecular weight is 280 g/mol. The first-order chi connectivity index (χ1) is 9.38. The molecule has 0 aromatic carbocycles. The molecule has 1 rings (SSSR count). The number of carbonyl (C=O) groups excluding carboxylic acids is 2. The zero-order valence-corrected chi connectivity index (χ0v) is 13.2. The van der Waals surface area contributed by atoms with Crippen LogP contribution in [0.2, 0.25) is 0 Å². The molecule has 2 N–H and O–H groups in total. The van der Waals surface area contributed by atoms with E-state index in [2.05, 4.69) is 31.2 Å². The van der Waals surface area contributed by atoms with Crippen molar-refractivity contribution in [2.24, 2.45) is 0 Å². The van der Waals surface area contributed by atoms with Crippen molar-refractivity contribution < 1.29 is 14.1 Å². The largest absolute Gasteiger partial charge is 0.356 e. The summed E-state index contributed by atoms with van der Waals surface area (Å²) in [6.07, 6.45) is 0.751. The number of H-pyrrole nitrogens is 1. The maximum Gasteiger partial charge on any atom is 0.253 e. The minimum Gasteiger partial charge on any atom is -0.356 e. The van der Waals surface area contributed by atoms with E-state index in [9.17, 15) is 9.59 Å². The van der Waals surface area contributed by atoms with E-state index in [1.165, 1.54) is 0 Å². The number of nitrogens with zero attached hydrogens (tertiary/aromatic N) is 1. The van der Waals surface area contributed by atoms with Crippen LogP contribution in [0.3, 0.4) is 0 Å². The molecular formula is C15H26N3O2+. The molecule has 0 aliphatic rings. The fraction of sp³-hybridized carbons (Fsp3) is 0.600.